The molecule has 0 saturated carbocycles. The zero-order valence-electron chi connectivity index (χ0n) is 10.8. The molecule has 0 fully saturated rings. The number of quaternary nitrogens is 1. The third-order valence-corrected chi connectivity index (χ3v) is 2.90. The second-order valence-electron chi connectivity index (χ2n) is 4.20. The van der Waals surface area contributed by atoms with Crippen molar-refractivity contribution in [1.29, 1.82) is 0 Å². The molecule has 6 heteroatoms. The molecule has 0 unspecified atom stereocenters. The summed E-state index contributed by atoms with van der Waals surface area (Å²) < 4.78 is 0. The maximum absolute atomic E-state index is 11.0. The first-order valence-electron chi connectivity index (χ1n) is 6.31. The van der Waals surface area contributed by atoms with Crippen LogP contribution in [0.2, 0.25) is 0 Å². The van der Waals surface area contributed by atoms with Crippen LogP contribution < -0.4 is 10.6 Å². The highest BCUT2D eigenvalue weighted by molar-refractivity contribution is 5.96. The lowest BCUT2D eigenvalue weighted by Gasteiger charge is -2.08. The van der Waals surface area contributed by atoms with Gasteiger partial charge >= 0.3 is 0 Å². The van der Waals surface area contributed by atoms with Gasteiger partial charge < -0.3 is 10.6 Å². The number of rotatable bonds is 6. The summed E-state index contributed by atoms with van der Waals surface area (Å²) in [5, 5.41) is 17.0. The Bertz CT molecular complexity index is 586. The number of nitrogens with one attached hydrogen (secondary N) is 1. The monoisotopic (exact) mass is 261 g/mol. The summed E-state index contributed by atoms with van der Waals surface area (Å²) in [6.45, 7) is 4.91. The Morgan fingerprint density at radius 2 is 2.26 bits per heavy atom. The Kier molecular flexibility index (Phi) is 4.25. The fourth-order valence-electron chi connectivity index (χ4n) is 1.97. The number of benzene rings is 1. The van der Waals surface area contributed by atoms with E-state index in [0.717, 1.165) is 25.3 Å². The van der Waals surface area contributed by atoms with E-state index in [1.54, 1.807) is 24.4 Å². The number of nitrogens with zero attached hydrogens (tertiary/aromatic N) is 2. The van der Waals surface area contributed by atoms with E-state index in [1.165, 1.54) is 6.07 Å². The molecule has 0 aliphatic heterocycles. The van der Waals surface area contributed by atoms with Crippen LogP contribution in [0, 0.1) is 10.1 Å². The average Bonchev–Trinajstić information content (AvgIpc) is 2.43. The molecular weight excluding hydrogens is 244 g/mol. The highest BCUT2D eigenvalue weighted by Gasteiger charge is 2.14. The highest BCUT2D eigenvalue weighted by atomic mass is 16.6. The van der Waals surface area contributed by atoms with E-state index in [4.69, 9.17) is 0 Å². The van der Waals surface area contributed by atoms with Crippen molar-refractivity contribution in [3.05, 3.63) is 40.6 Å². The van der Waals surface area contributed by atoms with Crippen LogP contribution in [0.15, 0.2) is 30.5 Å². The second-order valence-corrected chi connectivity index (χ2v) is 4.20. The molecule has 0 aliphatic rings. The number of non-ortho nitro benzene ring substituents is 1. The predicted octanol–water partition coefficient (Wildman–Crippen LogP) is 1.14. The molecule has 1 aromatic heterocycles. The third kappa shape index (κ3) is 2.97. The molecule has 2 aromatic rings. The van der Waals surface area contributed by atoms with Gasteiger partial charge in [-0.05, 0) is 25.1 Å². The van der Waals surface area contributed by atoms with Gasteiger partial charge in [0.2, 0.25) is 0 Å². The summed E-state index contributed by atoms with van der Waals surface area (Å²) in [7, 11) is 0. The minimum absolute atomic E-state index is 0.0915. The molecule has 1 aromatic carbocycles. The lowest BCUT2D eigenvalue weighted by atomic mass is 10.1. The fourth-order valence-corrected chi connectivity index (χ4v) is 1.97. The molecule has 0 bridgehead atoms. The van der Waals surface area contributed by atoms with Crippen molar-refractivity contribution in [3.63, 3.8) is 0 Å². The Hall–Kier alpha value is -2.21. The summed E-state index contributed by atoms with van der Waals surface area (Å²) >= 11 is 0. The minimum Gasteiger partial charge on any atom is -0.378 e. The van der Waals surface area contributed by atoms with Crippen LogP contribution >= 0.6 is 0 Å². The van der Waals surface area contributed by atoms with E-state index in [2.05, 4.69) is 22.5 Å². The number of aromatic nitrogens is 1. The quantitative estimate of drug-likeness (QED) is 0.464. The van der Waals surface area contributed by atoms with Gasteiger partial charge in [-0.3, -0.25) is 15.1 Å². The molecule has 0 spiro atoms. The smallest absolute Gasteiger partial charge is 0.278 e. The maximum Gasteiger partial charge on any atom is 0.278 e. The lowest BCUT2D eigenvalue weighted by molar-refractivity contribution is -0.648. The number of nitrogens with two attached hydrogens (primary N) is 1. The molecule has 0 atom stereocenters. The van der Waals surface area contributed by atoms with Gasteiger partial charge in [-0.25, -0.2) is 0 Å². The molecule has 0 aliphatic carbocycles. The van der Waals surface area contributed by atoms with E-state index >= 15 is 0 Å². The first-order valence-corrected chi connectivity index (χ1v) is 6.31. The number of pyridine rings is 1. The molecule has 2 rings (SSSR count). The number of hydrogen-bond donors (Lipinski definition) is 2. The van der Waals surface area contributed by atoms with Gasteiger partial charge in [0.25, 0.3) is 5.69 Å². The summed E-state index contributed by atoms with van der Waals surface area (Å²) in [5.74, 6) is 0. The fraction of sp³-hybridized carbons (Fsp3) is 0.308. The average molecular weight is 261 g/mol. The Morgan fingerprint density at radius 1 is 1.42 bits per heavy atom. The van der Waals surface area contributed by atoms with Crippen LogP contribution in [0.3, 0.4) is 0 Å². The van der Waals surface area contributed by atoms with Crippen molar-refractivity contribution in [3.8, 4) is 0 Å². The van der Waals surface area contributed by atoms with Crippen molar-refractivity contribution >= 4 is 22.3 Å². The van der Waals surface area contributed by atoms with Gasteiger partial charge in [-0.15, -0.1) is 0 Å². The predicted molar refractivity (Wildman–Crippen MR) is 74.2 cm³/mol. The molecule has 0 radical (unpaired) electrons. The molecular formula is C13H17N4O2+. The SMILES string of the molecule is CC[NH2+]CCNc1ccc([N+](=O)[O-])c2cccnc12. The van der Waals surface area contributed by atoms with Crippen molar-refractivity contribution in [1.82, 2.24) is 4.98 Å². The van der Waals surface area contributed by atoms with Crippen LogP contribution in [-0.4, -0.2) is 29.5 Å². The first kappa shape index (κ1) is 13.2. The normalized spacial score (nSPS) is 10.6. The standard InChI is InChI=1S/C13H16N4O2/c1-2-14-8-9-15-11-5-6-12(17(18)19)10-4-3-7-16-13(10)11/h3-7,14-15H,2,8-9H2,1H3/p+1. The van der Waals surface area contributed by atoms with Gasteiger partial charge in [0.1, 0.15) is 5.52 Å². The molecule has 6 nitrogen and oxygen atoms in total. The Balaban J connectivity index is 2.30. The van der Waals surface area contributed by atoms with Crippen molar-refractivity contribution in [2.24, 2.45) is 0 Å². The van der Waals surface area contributed by atoms with Crippen molar-refractivity contribution in [2.75, 3.05) is 25.0 Å². The maximum atomic E-state index is 11.0. The first-order chi connectivity index (χ1) is 9.24. The van der Waals surface area contributed by atoms with E-state index in [-0.39, 0.29) is 10.6 Å². The number of anilines is 1. The van der Waals surface area contributed by atoms with Crippen LogP contribution in [0.4, 0.5) is 11.4 Å². The van der Waals surface area contributed by atoms with Crippen LogP contribution in [0.1, 0.15) is 6.92 Å². The van der Waals surface area contributed by atoms with Gasteiger partial charge in [-0.1, -0.05) is 0 Å². The lowest BCUT2D eigenvalue weighted by Crippen LogP contribution is -2.84. The number of nitro benzene ring substituents is 1. The van der Waals surface area contributed by atoms with Gasteiger partial charge in [0.15, 0.2) is 0 Å². The van der Waals surface area contributed by atoms with E-state index in [0.29, 0.717) is 10.9 Å². The molecule has 19 heavy (non-hydrogen) atoms. The van der Waals surface area contributed by atoms with E-state index < -0.39 is 0 Å². The summed E-state index contributed by atoms with van der Waals surface area (Å²) in [5.41, 5.74) is 1.58. The number of fused-ring (bicyclic) bond motifs is 1. The van der Waals surface area contributed by atoms with Gasteiger partial charge in [0, 0.05) is 12.3 Å². The van der Waals surface area contributed by atoms with E-state index in [1.807, 2.05) is 0 Å². The van der Waals surface area contributed by atoms with Crippen LogP contribution in [0.25, 0.3) is 10.9 Å². The van der Waals surface area contributed by atoms with Gasteiger partial charge in [0.05, 0.1) is 35.6 Å². The molecule has 1 heterocycles. The molecule has 100 valence electrons. The third-order valence-electron chi connectivity index (χ3n) is 2.90. The molecule has 0 saturated heterocycles. The van der Waals surface area contributed by atoms with Crippen LogP contribution in [-0.2, 0) is 0 Å². The van der Waals surface area contributed by atoms with Gasteiger partial charge in [-0.2, -0.15) is 0 Å². The molecule has 0 amide bonds. The van der Waals surface area contributed by atoms with Crippen molar-refractivity contribution in [2.45, 2.75) is 6.92 Å². The second kappa shape index (κ2) is 6.10. The summed E-state index contributed by atoms with van der Waals surface area (Å²) in [4.78, 5) is 14.8. The minimum atomic E-state index is -0.376. The topological polar surface area (TPSA) is 84.7 Å². The Labute approximate surface area is 111 Å². The zero-order chi connectivity index (χ0) is 13.7. The van der Waals surface area contributed by atoms with E-state index in [9.17, 15) is 10.1 Å². The summed E-state index contributed by atoms with van der Waals surface area (Å²) in [6.07, 6.45) is 1.65. The zero-order valence-corrected chi connectivity index (χ0v) is 10.8. The summed E-state index contributed by atoms with van der Waals surface area (Å²) in [6, 6.07) is 6.68. The molecule has 3 N–H and O–H groups in total. The van der Waals surface area contributed by atoms with Crippen LogP contribution in [0.5, 0.6) is 0 Å². The number of hydrogen-bond acceptors (Lipinski definition) is 4. The largest absolute Gasteiger partial charge is 0.378 e. The number of nitro groups is 1. The highest BCUT2D eigenvalue weighted by Crippen LogP contribution is 2.29. The Morgan fingerprint density at radius 3 is 3.00 bits per heavy atom. The van der Waals surface area contributed by atoms with Crippen molar-refractivity contribution < 1.29 is 10.2 Å². The number of likely N-dealkylation sites (N-methyl/N-ethyl adjacent to an activating group) is 1.